The topological polar surface area (TPSA) is 90.2 Å². The molecule has 2 aromatic heterocycles. The van der Waals surface area contributed by atoms with E-state index in [1.807, 2.05) is 29.2 Å². The molecule has 1 fully saturated rings. The zero-order valence-corrected chi connectivity index (χ0v) is 22.4. The van der Waals surface area contributed by atoms with E-state index in [1.165, 1.54) is 0 Å². The molecule has 2 amide bonds. The highest BCUT2D eigenvalue weighted by Gasteiger charge is 2.25. The van der Waals surface area contributed by atoms with Crippen LogP contribution < -0.4 is 5.32 Å². The Bertz CT molecular complexity index is 1220. The summed E-state index contributed by atoms with van der Waals surface area (Å²) < 4.78 is 1.77. The Labute approximate surface area is 219 Å². The van der Waals surface area contributed by atoms with Crippen LogP contribution in [0.4, 0.5) is 0 Å². The van der Waals surface area contributed by atoms with Crippen molar-refractivity contribution >= 4 is 17.5 Å². The van der Waals surface area contributed by atoms with E-state index >= 15 is 0 Å². The zero-order valence-electron chi connectivity index (χ0n) is 22.4. The number of hydrogen-bond donors (Lipinski definition) is 2. The highest BCUT2D eigenvalue weighted by Crippen LogP contribution is 2.25. The molecule has 3 aromatic rings. The summed E-state index contributed by atoms with van der Waals surface area (Å²) in [6, 6.07) is 13.0. The summed E-state index contributed by atoms with van der Waals surface area (Å²) in [7, 11) is 4.12. The van der Waals surface area contributed by atoms with Crippen LogP contribution in [0.3, 0.4) is 0 Å². The number of phenolic OH excluding ortho intramolecular Hbond substituents is 1. The minimum absolute atomic E-state index is 0.0754. The number of likely N-dealkylation sites (tertiary alicyclic amines) is 1. The van der Waals surface area contributed by atoms with E-state index in [4.69, 9.17) is 0 Å². The molecule has 1 aliphatic rings. The monoisotopic (exact) mass is 505 g/mol. The van der Waals surface area contributed by atoms with Crippen molar-refractivity contribution in [3.8, 4) is 5.75 Å². The van der Waals surface area contributed by atoms with Crippen LogP contribution in [0.5, 0.6) is 5.75 Å². The summed E-state index contributed by atoms with van der Waals surface area (Å²) in [5.74, 6) is 0.718. The summed E-state index contributed by atoms with van der Waals surface area (Å²) in [5.41, 5.74) is 2.89. The maximum Gasteiger partial charge on any atom is 0.268 e. The van der Waals surface area contributed by atoms with Crippen molar-refractivity contribution in [3.05, 3.63) is 65.6 Å². The van der Waals surface area contributed by atoms with Crippen molar-refractivity contribution in [2.45, 2.75) is 51.5 Å². The van der Waals surface area contributed by atoms with E-state index in [1.54, 1.807) is 28.8 Å². The van der Waals surface area contributed by atoms with Crippen LogP contribution in [-0.4, -0.2) is 75.9 Å². The van der Waals surface area contributed by atoms with Gasteiger partial charge in [0.2, 0.25) is 5.91 Å². The Morgan fingerprint density at radius 3 is 2.62 bits per heavy atom. The third kappa shape index (κ3) is 6.68. The van der Waals surface area contributed by atoms with Crippen molar-refractivity contribution < 1.29 is 14.7 Å². The predicted molar refractivity (Wildman–Crippen MR) is 145 cm³/mol. The van der Waals surface area contributed by atoms with Gasteiger partial charge in [0, 0.05) is 37.8 Å². The van der Waals surface area contributed by atoms with Gasteiger partial charge in [-0.1, -0.05) is 32.0 Å². The second-order valence-electron chi connectivity index (χ2n) is 10.8. The molecule has 2 unspecified atom stereocenters. The number of pyridine rings is 1. The van der Waals surface area contributed by atoms with E-state index in [9.17, 15) is 14.7 Å². The van der Waals surface area contributed by atoms with Crippen LogP contribution >= 0.6 is 0 Å². The number of carbonyl (C=O) groups excluding carboxylic acids is 2. The van der Waals surface area contributed by atoms with Gasteiger partial charge in [-0.05, 0) is 69.1 Å². The molecule has 3 heterocycles. The SMILES string of the molecule is CC(C)CC(CNC(=O)c1cccc2nc(CC(=O)N3CCCC(N(C)C)C3)cn12)c1ccc(O)cc1. The standard InChI is InChI=1S/C29H39N5O3/c1-20(2)15-22(21-10-12-25(35)13-11-21)17-30-29(37)26-8-5-9-27-31-23(18-34(26)27)16-28(36)33-14-6-7-24(19-33)32(3)4/h5,8-13,18,20,22,24,35H,6-7,14-17,19H2,1-4H3,(H,30,37). The molecule has 2 N–H and O–H groups in total. The van der Waals surface area contributed by atoms with Crippen molar-refractivity contribution in [1.82, 2.24) is 24.5 Å². The van der Waals surface area contributed by atoms with Gasteiger partial charge in [-0.3, -0.25) is 14.0 Å². The second kappa shape index (κ2) is 11.8. The number of hydrogen-bond acceptors (Lipinski definition) is 5. The maximum atomic E-state index is 13.2. The molecule has 0 radical (unpaired) electrons. The van der Waals surface area contributed by atoms with Gasteiger partial charge in [-0.25, -0.2) is 4.98 Å². The fourth-order valence-electron chi connectivity index (χ4n) is 5.16. The van der Waals surface area contributed by atoms with E-state index in [-0.39, 0.29) is 29.9 Å². The third-order valence-electron chi connectivity index (χ3n) is 7.22. The van der Waals surface area contributed by atoms with E-state index < -0.39 is 0 Å². The molecule has 1 aliphatic heterocycles. The van der Waals surface area contributed by atoms with Crippen molar-refractivity contribution in [2.75, 3.05) is 33.7 Å². The van der Waals surface area contributed by atoms with Crippen LogP contribution in [0, 0.1) is 5.92 Å². The molecule has 8 nitrogen and oxygen atoms in total. The molecule has 8 heteroatoms. The van der Waals surface area contributed by atoms with Crippen LogP contribution in [0.15, 0.2) is 48.7 Å². The quantitative estimate of drug-likeness (QED) is 0.463. The normalized spacial score (nSPS) is 16.9. The van der Waals surface area contributed by atoms with Crippen molar-refractivity contribution in [2.24, 2.45) is 5.92 Å². The number of nitrogens with one attached hydrogen (secondary N) is 1. The number of amides is 2. The van der Waals surface area contributed by atoms with Crippen molar-refractivity contribution in [3.63, 3.8) is 0 Å². The molecule has 37 heavy (non-hydrogen) atoms. The average molecular weight is 506 g/mol. The molecule has 1 saturated heterocycles. The smallest absolute Gasteiger partial charge is 0.268 e. The van der Waals surface area contributed by atoms with Crippen LogP contribution in [0.1, 0.15) is 60.8 Å². The summed E-state index contributed by atoms with van der Waals surface area (Å²) in [6.45, 7) is 6.33. The number of imidazole rings is 1. The molecule has 0 saturated carbocycles. The number of rotatable bonds is 9. The molecule has 4 rings (SSSR count). The largest absolute Gasteiger partial charge is 0.508 e. The van der Waals surface area contributed by atoms with Crippen LogP contribution in [0.2, 0.25) is 0 Å². The lowest BCUT2D eigenvalue weighted by Gasteiger charge is -2.36. The Hall–Kier alpha value is -3.39. The predicted octanol–water partition coefficient (Wildman–Crippen LogP) is 3.69. The minimum atomic E-state index is -0.182. The van der Waals surface area contributed by atoms with Gasteiger partial charge in [0.1, 0.15) is 17.1 Å². The summed E-state index contributed by atoms with van der Waals surface area (Å²) in [5, 5.41) is 12.7. The lowest BCUT2D eigenvalue weighted by atomic mass is 9.90. The number of nitrogens with zero attached hydrogens (tertiary/aromatic N) is 4. The maximum absolute atomic E-state index is 13.2. The molecule has 0 spiro atoms. The number of aromatic hydroxyl groups is 1. The highest BCUT2D eigenvalue weighted by molar-refractivity contribution is 5.93. The van der Waals surface area contributed by atoms with Gasteiger partial charge < -0.3 is 20.2 Å². The Balaban J connectivity index is 1.45. The molecule has 0 aliphatic carbocycles. The number of aromatic nitrogens is 2. The number of carbonyl (C=O) groups is 2. The summed E-state index contributed by atoms with van der Waals surface area (Å²) in [4.78, 5) is 35.0. The lowest BCUT2D eigenvalue weighted by Crippen LogP contribution is -2.47. The van der Waals surface area contributed by atoms with Gasteiger partial charge in [0.05, 0.1) is 12.1 Å². The van der Waals surface area contributed by atoms with Crippen molar-refractivity contribution in [1.29, 1.82) is 0 Å². The highest BCUT2D eigenvalue weighted by atomic mass is 16.3. The Kier molecular flexibility index (Phi) is 8.48. The first-order valence-corrected chi connectivity index (χ1v) is 13.2. The van der Waals surface area contributed by atoms with Gasteiger partial charge in [0.25, 0.3) is 5.91 Å². The molecule has 0 bridgehead atoms. The Morgan fingerprint density at radius 2 is 1.92 bits per heavy atom. The van der Waals surface area contributed by atoms with E-state index in [0.29, 0.717) is 35.5 Å². The number of fused-ring (bicyclic) bond motifs is 1. The molecule has 198 valence electrons. The fourth-order valence-corrected chi connectivity index (χ4v) is 5.16. The lowest BCUT2D eigenvalue weighted by molar-refractivity contribution is -0.132. The van der Waals surface area contributed by atoms with Gasteiger partial charge in [-0.2, -0.15) is 0 Å². The first-order chi connectivity index (χ1) is 17.7. The number of phenols is 1. The second-order valence-corrected chi connectivity index (χ2v) is 10.8. The summed E-state index contributed by atoms with van der Waals surface area (Å²) in [6.07, 6.45) is 5.06. The molecular formula is C29H39N5O3. The Morgan fingerprint density at radius 1 is 1.16 bits per heavy atom. The number of likely N-dealkylation sites (N-methyl/N-ethyl adjacent to an activating group) is 1. The molecule has 1 aromatic carbocycles. The summed E-state index contributed by atoms with van der Waals surface area (Å²) >= 11 is 0. The number of piperidine rings is 1. The van der Waals surface area contributed by atoms with Gasteiger partial charge in [-0.15, -0.1) is 0 Å². The fraction of sp³-hybridized carbons (Fsp3) is 0.483. The molecular weight excluding hydrogens is 466 g/mol. The minimum Gasteiger partial charge on any atom is -0.508 e. The number of benzene rings is 1. The zero-order chi connectivity index (χ0) is 26.5. The first kappa shape index (κ1) is 26.7. The van der Waals surface area contributed by atoms with Crippen LogP contribution in [-0.2, 0) is 11.2 Å². The third-order valence-corrected chi connectivity index (χ3v) is 7.22. The van der Waals surface area contributed by atoms with Gasteiger partial charge in [0.15, 0.2) is 0 Å². The van der Waals surface area contributed by atoms with E-state index in [0.717, 1.165) is 37.9 Å². The van der Waals surface area contributed by atoms with E-state index in [2.05, 4.69) is 43.1 Å². The first-order valence-electron chi connectivity index (χ1n) is 13.2. The van der Waals surface area contributed by atoms with Crippen LogP contribution in [0.25, 0.3) is 5.65 Å². The average Bonchev–Trinajstić information content (AvgIpc) is 3.29. The molecule has 2 atom stereocenters. The van der Waals surface area contributed by atoms with Gasteiger partial charge >= 0.3 is 0 Å².